The Morgan fingerprint density at radius 3 is 1.24 bits per heavy atom. The second kappa shape index (κ2) is 8.20. The van der Waals surface area contributed by atoms with Crippen LogP contribution in [0.2, 0.25) is 0 Å². The van der Waals surface area contributed by atoms with E-state index in [1.54, 1.807) is 0 Å². The van der Waals surface area contributed by atoms with Crippen LogP contribution in [0, 0.1) is 39.8 Å². The van der Waals surface area contributed by atoms with Crippen molar-refractivity contribution in [2.45, 2.75) is 27.7 Å². The predicted octanol–water partition coefficient (Wildman–Crippen LogP) is 4.20. The van der Waals surface area contributed by atoms with E-state index in [2.05, 4.69) is 52.0 Å². The van der Waals surface area contributed by atoms with Crippen LogP contribution in [0.4, 0.5) is 0 Å². The molecule has 0 atom stereocenters. The molecule has 0 fully saturated rings. The van der Waals surface area contributed by atoms with Gasteiger partial charge >= 0.3 is 19.5 Å². The quantitative estimate of drug-likeness (QED) is 0.499. The number of hydrogen-bond donors (Lipinski definition) is 0. The fraction of sp³-hybridized carbons (Fsp3) is 0.250. The molecule has 0 N–H and O–H groups in total. The molecule has 0 aliphatic heterocycles. The summed E-state index contributed by atoms with van der Waals surface area (Å²) >= 11 is 0. The van der Waals surface area contributed by atoms with Gasteiger partial charge in [-0.1, -0.05) is 27.7 Å². The molecule has 0 saturated carbocycles. The molecular formula is C16H18Zn. The zero-order valence-electron chi connectivity index (χ0n) is 11.2. The van der Waals surface area contributed by atoms with Crippen LogP contribution in [0.15, 0.2) is 36.4 Å². The van der Waals surface area contributed by atoms with Crippen LogP contribution in [0.25, 0.3) is 0 Å². The fourth-order valence-corrected chi connectivity index (χ4v) is 1.21. The Balaban J connectivity index is 0.000000284. The van der Waals surface area contributed by atoms with Gasteiger partial charge in [-0.05, 0) is 0 Å². The SMILES string of the molecule is Cc1[c-]cccc1C.Cc1[c-]cccc1C.[Zn+2]. The van der Waals surface area contributed by atoms with Crippen LogP contribution < -0.4 is 0 Å². The standard InChI is InChI=1S/2C8H9.Zn/c2*1-7-5-3-4-6-8(7)2;/h2*3-5H,1-2H3;/q2*-1;+2. The molecule has 0 radical (unpaired) electrons. The van der Waals surface area contributed by atoms with Gasteiger partial charge < -0.3 is 0 Å². The molecule has 0 aromatic heterocycles. The van der Waals surface area contributed by atoms with E-state index in [1.807, 2.05) is 24.3 Å². The van der Waals surface area contributed by atoms with Crippen LogP contribution in [0.5, 0.6) is 0 Å². The van der Waals surface area contributed by atoms with Gasteiger partial charge in [-0.15, -0.1) is 0 Å². The molecule has 0 spiro atoms. The summed E-state index contributed by atoms with van der Waals surface area (Å²) in [5.74, 6) is 0. The Kier molecular flexibility index (Phi) is 7.75. The molecule has 2 aromatic carbocycles. The maximum absolute atomic E-state index is 3.10. The molecule has 0 heterocycles. The van der Waals surface area contributed by atoms with Crippen LogP contribution in [-0.4, -0.2) is 0 Å². The molecule has 2 aromatic rings. The average Bonchev–Trinajstić information content (AvgIpc) is 2.28. The van der Waals surface area contributed by atoms with E-state index in [1.165, 1.54) is 22.3 Å². The third kappa shape index (κ3) is 5.79. The van der Waals surface area contributed by atoms with Gasteiger partial charge in [-0.2, -0.15) is 70.8 Å². The van der Waals surface area contributed by atoms with Crippen molar-refractivity contribution in [1.29, 1.82) is 0 Å². The molecule has 2 rings (SSSR count). The van der Waals surface area contributed by atoms with Crippen LogP contribution in [0.3, 0.4) is 0 Å². The first-order valence-electron chi connectivity index (χ1n) is 5.49. The Morgan fingerprint density at radius 1 is 0.706 bits per heavy atom. The van der Waals surface area contributed by atoms with Gasteiger partial charge in [0.2, 0.25) is 0 Å². The van der Waals surface area contributed by atoms with Crippen molar-refractivity contribution in [3.05, 3.63) is 70.8 Å². The summed E-state index contributed by atoms with van der Waals surface area (Å²) in [5, 5.41) is 0. The van der Waals surface area contributed by atoms with E-state index < -0.39 is 0 Å². The van der Waals surface area contributed by atoms with Crippen LogP contribution in [-0.2, 0) is 19.5 Å². The summed E-state index contributed by atoms with van der Waals surface area (Å²) in [7, 11) is 0. The first-order valence-corrected chi connectivity index (χ1v) is 5.49. The number of benzene rings is 2. The van der Waals surface area contributed by atoms with Gasteiger partial charge in [-0.3, -0.25) is 0 Å². The summed E-state index contributed by atoms with van der Waals surface area (Å²) in [6.07, 6.45) is 0. The molecule has 0 aliphatic rings. The fourth-order valence-electron chi connectivity index (χ4n) is 1.21. The van der Waals surface area contributed by atoms with Gasteiger partial charge in [0, 0.05) is 0 Å². The second-order valence-electron chi connectivity index (χ2n) is 3.96. The van der Waals surface area contributed by atoms with Gasteiger partial charge in [0.05, 0.1) is 0 Å². The molecule has 0 bridgehead atoms. The minimum atomic E-state index is 0. The minimum absolute atomic E-state index is 0. The number of rotatable bonds is 0. The zero-order valence-corrected chi connectivity index (χ0v) is 14.1. The normalized spacial score (nSPS) is 8.71. The van der Waals surface area contributed by atoms with E-state index >= 15 is 0 Å². The monoisotopic (exact) mass is 274 g/mol. The molecule has 0 unspecified atom stereocenters. The van der Waals surface area contributed by atoms with E-state index in [4.69, 9.17) is 0 Å². The largest absolute Gasteiger partial charge is 2.00 e. The Bertz CT molecular complexity index is 361. The molecule has 84 valence electrons. The summed E-state index contributed by atoms with van der Waals surface area (Å²) in [6, 6.07) is 18.2. The van der Waals surface area contributed by atoms with Crippen LogP contribution >= 0.6 is 0 Å². The van der Waals surface area contributed by atoms with Gasteiger partial charge in [0.15, 0.2) is 0 Å². The molecular weight excluding hydrogens is 258 g/mol. The summed E-state index contributed by atoms with van der Waals surface area (Å²) < 4.78 is 0. The summed E-state index contributed by atoms with van der Waals surface area (Å²) in [4.78, 5) is 0. The van der Waals surface area contributed by atoms with Gasteiger partial charge in [0.25, 0.3) is 0 Å². The van der Waals surface area contributed by atoms with E-state index in [0.717, 1.165) is 0 Å². The molecule has 1 heteroatoms. The molecule has 0 nitrogen and oxygen atoms in total. The minimum Gasteiger partial charge on any atom is -0.180 e. The first kappa shape index (κ1) is 16.1. The third-order valence-corrected chi connectivity index (χ3v) is 2.67. The average molecular weight is 276 g/mol. The topological polar surface area (TPSA) is 0 Å². The Hall–Kier alpha value is -0.937. The van der Waals surface area contributed by atoms with E-state index in [0.29, 0.717) is 0 Å². The molecule has 0 amide bonds. The molecule has 0 saturated heterocycles. The number of aryl methyl sites for hydroxylation is 4. The second-order valence-corrected chi connectivity index (χ2v) is 3.96. The smallest absolute Gasteiger partial charge is 0.180 e. The van der Waals surface area contributed by atoms with Crippen LogP contribution in [0.1, 0.15) is 22.3 Å². The van der Waals surface area contributed by atoms with Crippen molar-refractivity contribution in [2.75, 3.05) is 0 Å². The van der Waals surface area contributed by atoms with Gasteiger partial charge in [0.1, 0.15) is 0 Å². The van der Waals surface area contributed by atoms with E-state index in [-0.39, 0.29) is 19.5 Å². The summed E-state index contributed by atoms with van der Waals surface area (Å²) in [6.45, 7) is 8.31. The molecule has 0 aliphatic carbocycles. The maximum Gasteiger partial charge on any atom is 2.00 e. The van der Waals surface area contributed by atoms with E-state index in [9.17, 15) is 0 Å². The third-order valence-electron chi connectivity index (χ3n) is 2.67. The Labute approximate surface area is 118 Å². The zero-order chi connectivity index (χ0) is 12.0. The Morgan fingerprint density at radius 2 is 1.06 bits per heavy atom. The van der Waals surface area contributed by atoms with Crippen molar-refractivity contribution in [3.63, 3.8) is 0 Å². The van der Waals surface area contributed by atoms with Crippen molar-refractivity contribution >= 4 is 0 Å². The first-order chi connectivity index (χ1) is 7.61. The predicted molar refractivity (Wildman–Crippen MR) is 69.5 cm³/mol. The van der Waals surface area contributed by atoms with Crippen molar-refractivity contribution in [1.82, 2.24) is 0 Å². The summed E-state index contributed by atoms with van der Waals surface area (Å²) in [5.41, 5.74) is 5.11. The molecule has 17 heavy (non-hydrogen) atoms. The van der Waals surface area contributed by atoms with Gasteiger partial charge in [-0.25, -0.2) is 0 Å². The van der Waals surface area contributed by atoms with Crippen molar-refractivity contribution < 1.29 is 19.5 Å². The van der Waals surface area contributed by atoms with Crippen molar-refractivity contribution in [2.24, 2.45) is 0 Å². The van der Waals surface area contributed by atoms with Crippen molar-refractivity contribution in [3.8, 4) is 0 Å². The maximum atomic E-state index is 3.10. The number of hydrogen-bond acceptors (Lipinski definition) is 0.